The summed E-state index contributed by atoms with van der Waals surface area (Å²) in [5, 5.41) is 0.400. The highest BCUT2D eigenvalue weighted by Gasteiger charge is 2.35. The standard InChI is InChI=1S/C10H19ClN2/c1-8(2)12-3-4-13-6-9(11)5-10(13)7-12/h8-10H,3-7H2,1-2H3. The highest BCUT2D eigenvalue weighted by Crippen LogP contribution is 2.25. The van der Waals surface area contributed by atoms with Crippen molar-refractivity contribution in [3.8, 4) is 0 Å². The molecule has 2 heterocycles. The van der Waals surface area contributed by atoms with Gasteiger partial charge in [-0.3, -0.25) is 9.80 Å². The van der Waals surface area contributed by atoms with Gasteiger partial charge < -0.3 is 0 Å². The van der Waals surface area contributed by atoms with Gasteiger partial charge in [0.2, 0.25) is 0 Å². The Hall–Kier alpha value is 0.210. The summed E-state index contributed by atoms with van der Waals surface area (Å²) >= 11 is 6.15. The Balaban J connectivity index is 1.93. The molecule has 0 aliphatic carbocycles. The lowest BCUT2D eigenvalue weighted by Crippen LogP contribution is -2.52. The predicted molar refractivity (Wildman–Crippen MR) is 56.3 cm³/mol. The molecule has 0 saturated carbocycles. The molecule has 2 aliphatic rings. The minimum absolute atomic E-state index is 0.400. The molecule has 0 aromatic heterocycles. The SMILES string of the molecule is CC(C)N1CCN2CC(Cl)CC2C1. The summed E-state index contributed by atoms with van der Waals surface area (Å²) in [6.45, 7) is 9.33. The molecule has 0 aromatic carbocycles. The Morgan fingerprint density at radius 1 is 1.23 bits per heavy atom. The molecule has 2 nitrogen and oxygen atoms in total. The fourth-order valence-corrected chi connectivity index (χ4v) is 2.86. The topological polar surface area (TPSA) is 6.48 Å². The number of fused-ring (bicyclic) bond motifs is 1. The van der Waals surface area contributed by atoms with Crippen LogP contribution in [-0.2, 0) is 0 Å². The van der Waals surface area contributed by atoms with E-state index < -0.39 is 0 Å². The zero-order chi connectivity index (χ0) is 9.42. The third kappa shape index (κ3) is 2.00. The van der Waals surface area contributed by atoms with E-state index in [9.17, 15) is 0 Å². The van der Waals surface area contributed by atoms with Gasteiger partial charge in [-0.1, -0.05) is 0 Å². The zero-order valence-corrected chi connectivity index (χ0v) is 9.30. The van der Waals surface area contributed by atoms with Crippen molar-refractivity contribution in [1.82, 2.24) is 9.80 Å². The molecular formula is C10H19ClN2. The Morgan fingerprint density at radius 3 is 2.69 bits per heavy atom. The summed E-state index contributed by atoms with van der Waals surface area (Å²) in [6.07, 6.45) is 1.19. The van der Waals surface area contributed by atoms with Crippen molar-refractivity contribution < 1.29 is 0 Å². The highest BCUT2D eigenvalue weighted by atomic mass is 35.5. The zero-order valence-electron chi connectivity index (χ0n) is 8.54. The second-order valence-electron chi connectivity index (χ2n) is 4.57. The molecule has 76 valence electrons. The molecule has 0 radical (unpaired) electrons. The van der Waals surface area contributed by atoms with Crippen molar-refractivity contribution in [1.29, 1.82) is 0 Å². The van der Waals surface area contributed by atoms with E-state index >= 15 is 0 Å². The maximum atomic E-state index is 6.15. The third-order valence-electron chi connectivity index (χ3n) is 3.33. The number of piperazine rings is 1. The molecule has 2 saturated heterocycles. The van der Waals surface area contributed by atoms with Gasteiger partial charge in [-0.05, 0) is 20.3 Å². The monoisotopic (exact) mass is 202 g/mol. The summed E-state index contributed by atoms with van der Waals surface area (Å²) < 4.78 is 0. The van der Waals surface area contributed by atoms with Gasteiger partial charge >= 0.3 is 0 Å². The van der Waals surface area contributed by atoms with Crippen LogP contribution in [0.4, 0.5) is 0 Å². The number of rotatable bonds is 1. The van der Waals surface area contributed by atoms with Crippen LogP contribution in [0.25, 0.3) is 0 Å². The van der Waals surface area contributed by atoms with Crippen molar-refractivity contribution in [2.24, 2.45) is 0 Å². The van der Waals surface area contributed by atoms with E-state index in [0.29, 0.717) is 11.4 Å². The molecule has 2 unspecified atom stereocenters. The molecule has 0 aromatic rings. The summed E-state index contributed by atoms with van der Waals surface area (Å²) in [6, 6.07) is 1.43. The Labute approximate surface area is 85.8 Å². The van der Waals surface area contributed by atoms with E-state index in [1.165, 1.54) is 26.1 Å². The average molecular weight is 203 g/mol. The molecular weight excluding hydrogens is 184 g/mol. The quantitative estimate of drug-likeness (QED) is 0.593. The first-order valence-corrected chi connectivity index (χ1v) is 5.72. The van der Waals surface area contributed by atoms with Gasteiger partial charge in [0.05, 0.1) is 0 Å². The van der Waals surface area contributed by atoms with Crippen LogP contribution in [-0.4, -0.2) is 53.4 Å². The van der Waals surface area contributed by atoms with Crippen molar-refractivity contribution in [3.63, 3.8) is 0 Å². The van der Waals surface area contributed by atoms with Crippen molar-refractivity contribution in [3.05, 3.63) is 0 Å². The maximum Gasteiger partial charge on any atom is 0.0478 e. The van der Waals surface area contributed by atoms with Crippen LogP contribution in [0.15, 0.2) is 0 Å². The fraction of sp³-hybridized carbons (Fsp3) is 1.00. The first-order chi connectivity index (χ1) is 6.16. The summed E-state index contributed by atoms with van der Waals surface area (Å²) in [7, 11) is 0. The van der Waals surface area contributed by atoms with Crippen LogP contribution >= 0.6 is 11.6 Å². The van der Waals surface area contributed by atoms with Crippen molar-refractivity contribution >= 4 is 11.6 Å². The third-order valence-corrected chi connectivity index (χ3v) is 3.64. The largest absolute Gasteiger partial charge is 0.298 e. The van der Waals surface area contributed by atoms with E-state index in [0.717, 1.165) is 12.6 Å². The number of halogens is 1. The van der Waals surface area contributed by atoms with Gasteiger partial charge in [0.25, 0.3) is 0 Å². The van der Waals surface area contributed by atoms with E-state index in [1.807, 2.05) is 0 Å². The summed E-state index contributed by atoms with van der Waals surface area (Å²) in [4.78, 5) is 5.12. The normalized spacial score (nSPS) is 36.9. The van der Waals surface area contributed by atoms with Gasteiger partial charge in [-0.25, -0.2) is 0 Å². The summed E-state index contributed by atoms with van der Waals surface area (Å²) in [5.74, 6) is 0. The Morgan fingerprint density at radius 2 is 2.00 bits per heavy atom. The van der Waals surface area contributed by atoms with Crippen LogP contribution < -0.4 is 0 Å². The lowest BCUT2D eigenvalue weighted by Gasteiger charge is -2.39. The molecule has 2 atom stereocenters. The summed E-state index contributed by atoms with van der Waals surface area (Å²) in [5.41, 5.74) is 0. The van der Waals surface area contributed by atoms with Gasteiger partial charge in [-0.15, -0.1) is 11.6 Å². The van der Waals surface area contributed by atoms with Gasteiger partial charge in [0.15, 0.2) is 0 Å². The number of hydrogen-bond donors (Lipinski definition) is 0. The Kier molecular flexibility index (Phi) is 2.82. The van der Waals surface area contributed by atoms with E-state index in [-0.39, 0.29) is 0 Å². The average Bonchev–Trinajstić information content (AvgIpc) is 2.42. The number of alkyl halides is 1. The van der Waals surface area contributed by atoms with Crippen LogP contribution in [0.2, 0.25) is 0 Å². The highest BCUT2D eigenvalue weighted by molar-refractivity contribution is 6.21. The molecule has 2 aliphatic heterocycles. The number of nitrogens with zero attached hydrogens (tertiary/aromatic N) is 2. The smallest absolute Gasteiger partial charge is 0.0478 e. The van der Waals surface area contributed by atoms with Gasteiger partial charge in [0, 0.05) is 43.6 Å². The van der Waals surface area contributed by atoms with E-state index in [4.69, 9.17) is 11.6 Å². The van der Waals surface area contributed by atoms with E-state index in [2.05, 4.69) is 23.6 Å². The fourth-order valence-electron chi connectivity index (χ4n) is 2.47. The molecule has 2 fully saturated rings. The lowest BCUT2D eigenvalue weighted by molar-refractivity contribution is 0.0828. The molecule has 3 heteroatoms. The second-order valence-corrected chi connectivity index (χ2v) is 5.19. The second kappa shape index (κ2) is 3.76. The molecule has 0 spiro atoms. The van der Waals surface area contributed by atoms with Crippen molar-refractivity contribution in [2.75, 3.05) is 26.2 Å². The number of hydrogen-bond acceptors (Lipinski definition) is 2. The van der Waals surface area contributed by atoms with Gasteiger partial charge in [0.1, 0.15) is 0 Å². The lowest BCUT2D eigenvalue weighted by atomic mass is 10.1. The van der Waals surface area contributed by atoms with Crippen LogP contribution in [0.5, 0.6) is 0 Å². The van der Waals surface area contributed by atoms with Crippen LogP contribution in [0.1, 0.15) is 20.3 Å². The first-order valence-electron chi connectivity index (χ1n) is 5.29. The predicted octanol–water partition coefficient (Wildman–Crippen LogP) is 1.39. The Bertz CT molecular complexity index is 184. The molecule has 2 rings (SSSR count). The molecule has 0 N–H and O–H groups in total. The van der Waals surface area contributed by atoms with Crippen LogP contribution in [0, 0.1) is 0 Å². The van der Waals surface area contributed by atoms with Crippen molar-refractivity contribution in [2.45, 2.75) is 37.7 Å². The minimum Gasteiger partial charge on any atom is -0.298 e. The maximum absolute atomic E-state index is 6.15. The first kappa shape index (κ1) is 9.75. The van der Waals surface area contributed by atoms with Gasteiger partial charge in [-0.2, -0.15) is 0 Å². The van der Waals surface area contributed by atoms with E-state index in [1.54, 1.807) is 0 Å². The van der Waals surface area contributed by atoms with Crippen LogP contribution in [0.3, 0.4) is 0 Å². The molecule has 13 heavy (non-hydrogen) atoms. The molecule has 0 bridgehead atoms. The minimum atomic E-state index is 0.400. The molecule has 0 amide bonds.